The molecule has 1 spiro atoms. The van der Waals surface area contributed by atoms with Gasteiger partial charge in [-0.1, -0.05) is 37.5 Å². The zero-order valence-electron chi connectivity index (χ0n) is 21.7. The average Bonchev–Trinajstić information content (AvgIpc) is 3.44. The second kappa shape index (κ2) is 7.57. The fourth-order valence-electron chi connectivity index (χ4n) is 10.3. The lowest BCUT2D eigenvalue weighted by Gasteiger charge is -2.58. The minimum absolute atomic E-state index is 0.0880. The number of rotatable bonds is 0. The van der Waals surface area contributed by atoms with Gasteiger partial charge in [-0.15, -0.1) is 0 Å². The normalized spacial score (nSPS) is 51.6. The third-order valence-corrected chi connectivity index (χ3v) is 12.0. The Bertz CT molecular complexity index is 1250. The Labute approximate surface area is 222 Å². The topological polar surface area (TPSA) is 110 Å². The van der Waals surface area contributed by atoms with Crippen molar-refractivity contribution in [2.45, 2.75) is 81.2 Å². The predicted octanol–water partition coefficient (Wildman–Crippen LogP) is 3.36. The molecule has 0 bridgehead atoms. The second-order valence-electron chi connectivity index (χ2n) is 13.1. The first kappa shape index (κ1) is 24.5. The molecule has 7 nitrogen and oxygen atoms in total. The molecule has 0 aromatic heterocycles. The molecule has 2 aliphatic heterocycles. The van der Waals surface area contributed by atoms with Gasteiger partial charge in [0.15, 0.2) is 0 Å². The van der Waals surface area contributed by atoms with Crippen molar-refractivity contribution >= 4 is 17.7 Å². The monoisotopic (exact) mass is 520 g/mol. The maximum Gasteiger partial charge on any atom is 0.334 e. The van der Waals surface area contributed by atoms with Crippen molar-refractivity contribution in [3.05, 3.63) is 48.6 Å². The van der Waals surface area contributed by atoms with E-state index in [1.807, 2.05) is 0 Å². The first-order chi connectivity index (χ1) is 18.0. The van der Waals surface area contributed by atoms with Crippen LogP contribution in [0.25, 0.3) is 0 Å². The van der Waals surface area contributed by atoms with E-state index in [0.29, 0.717) is 56.1 Å². The van der Waals surface area contributed by atoms with E-state index in [1.165, 1.54) is 0 Å². The van der Waals surface area contributed by atoms with Crippen LogP contribution >= 0.6 is 0 Å². The highest BCUT2D eigenvalue weighted by atomic mass is 16.6. The Balaban J connectivity index is 1.41. The van der Waals surface area contributed by atoms with Gasteiger partial charge in [-0.25, -0.2) is 9.59 Å². The molecule has 0 unspecified atom stereocenters. The molecule has 5 aliphatic carbocycles. The largest absolute Gasteiger partial charge is 0.458 e. The Morgan fingerprint density at radius 1 is 0.737 bits per heavy atom. The van der Waals surface area contributed by atoms with Gasteiger partial charge in [-0.3, -0.25) is 4.79 Å². The summed E-state index contributed by atoms with van der Waals surface area (Å²) in [6, 6.07) is 0. The lowest BCUT2D eigenvalue weighted by Crippen LogP contribution is -2.70. The third kappa shape index (κ3) is 2.61. The van der Waals surface area contributed by atoms with Crippen molar-refractivity contribution in [2.24, 2.45) is 40.9 Å². The number of hydrogen-bond acceptors (Lipinski definition) is 7. The van der Waals surface area contributed by atoms with Crippen LogP contribution in [0.3, 0.4) is 0 Å². The van der Waals surface area contributed by atoms with Crippen LogP contribution in [-0.2, 0) is 23.9 Å². The summed E-state index contributed by atoms with van der Waals surface area (Å²) in [6.45, 7) is 16.7. The smallest absolute Gasteiger partial charge is 0.334 e. The zero-order chi connectivity index (χ0) is 26.9. The van der Waals surface area contributed by atoms with Crippen molar-refractivity contribution in [3.8, 4) is 0 Å². The zero-order valence-corrected chi connectivity index (χ0v) is 21.7. The Morgan fingerprint density at radius 2 is 1.29 bits per heavy atom. The molecule has 7 aliphatic rings. The highest BCUT2D eigenvalue weighted by molar-refractivity contribution is 5.93. The number of Topliss-reactive ketones (excluding diaryl/α,β-unsaturated/α-hetero) is 1. The predicted molar refractivity (Wildman–Crippen MR) is 136 cm³/mol. The molecule has 2 saturated heterocycles. The molecule has 0 aromatic carbocycles. The number of fused-ring (bicyclic) bond motifs is 10. The SMILES string of the molecule is C=C1C(=O)O[C@@H]2[C@@H]3[C@@H](C[C@@]4(O)[C@]3(O)CCC[C@]43C(=O)C[C@H]4C(=C)CC[C@H]5C(=C)C(=O)O[C@@H]5[C@H]43)C(=C)CC[C@@H]12. The summed E-state index contributed by atoms with van der Waals surface area (Å²) >= 11 is 0. The quantitative estimate of drug-likeness (QED) is 0.286. The van der Waals surface area contributed by atoms with E-state index < -0.39 is 52.6 Å². The van der Waals surface area contributed by atoms with Crippen molar-refractivity contribution in [3.63, 3.8) is 0 Å². The molecule has 2 N–H and O–H groups in total. The van der Waals surface area contributed by atoms with Gasteiger partial charge >= 0.3 is 11.9 Å². The summed E-state index contributed by atoms with van der Waals surface area (Å²) in [6.07, 6.45) is 2.99. The first-order valence-electron chi connectivity index (χ1n) is 14.1. The standard InChI is InChI=1S/C31H36O7/c1-14-6-8-18-16(3)27(33)37-25(18)23-20(14)12-22(32)29(23)10-5-11-30(35)24-21(13-31(29,30)36)15(2)7-9-19-17(4)28(34)38-26(19)24/h18-21,23-26,35-36H,1-13H2/t18-,19-,20-,21-,23-,24-,25-,26-,29+,30-,31-/m0/s1. The fraction of sp³-hybridized carbons (Fsp3) is 0.645. The highest BCUT2D eigenvalue weighted by Gasteiger charge is 2.81. The number of ether oxygens (including phenoxy) is 2. The lowest BCUT2D eigenvalue weighted by atomic mass is 9.50. The molecule has 202 valence electrons. The first-order valence-corrected chi connectivity index (χ1v) is 14.1. The fourth-order valence-corrected chi connectivity index (χ4v) is 10.3. The van der Waals surface area contributed by atoms with E-state index in [4.69, 9.17) is 9.47 Å². The van der Waals surface area contributed by atoms with Crippen LogP contribution in [0.5, 0.6) is 0 Å². The summed E-state index contributed by atoms with van der Waals surface area (Å²) in [7, 11) is 0. The summed E-state index contributed by atoms with van der Waals surface area (Å²) < 4.78 is 11.8. The highest BCUT2D eigenvalue weighted by Crippen LogP contribution is 2.72. The molecule has 2 heterocycles. The van der Waals surface area contributed by atoms with Gasteiger partial charge in [0.1, 0.15) is 29.2 Å². The van der Waals surface area contributed by atoms with Gasteiger partial charge in [-0.05, 0) is 63.2 Å². The van der Waals surface area contributed by atoms with Crippen molar-refractivity contribution in [1.82, 2.24) is 0 Å². The van der Waals surface area contributed by atoms with Gasteiger partial charge in [0.05, 0.1) is 5.41 Å². The van der Waals surface area contributed by atoms with E-state index in [0.717, 1.165) is 11.1 Å². The summed E-state index contributed by atoms with van der Waals surface area (Å²) in [5.74, 6) is -3.13. The molecule has 11 atom stereocenters. The van der Waals surface area contributed by atoms with E-state index >= 15 is 0 Å². The number of esters is 2. The van der Waals surface area contributed by atoms with E-state index in [1.54, 1.807) is 0 Å². The molecular weight excluding hydrogens is 484 g/mol. The lowest BCUT2D eigenvalue weighted by molar-refractivity contribution is -0.256. The second-order valence-corrected chi connectivity index (χ2v) is 13.1. The van der Waals surface area contributed by atoms with Crippen molar-refractivity contribution in [2.75, 3.05) is 0 Å². The molecule has 7 heteroatoms. The van der Waals surface area contributed by atoms with Crippen molar-refractivity contribution in [1.29, 1.82) is 0 Å². The Kier molecular flexibility index (Phi) is 4.88. The van der Waals surface area contributed by atoms with Gasteiger partial charge in [0, 0.05) is 41.2 Å². The number of aliphatic hydroxyl groups is 2. The van der Waals surface area contributed by atoms with Crippen LogP contribution in [0.2, 0.25) is 0 Å². The number of allylic oxidation sites excluding steroid dienone is 2. The summed E-state index contributed by atoms with van der Waals surface area (Å²) in [4.78, 5) is 39.6. The number of ketones is 1. The Morgan fingerprint density at radius 3 is 1.89 bits per heavy atom. The summed E-state index contributed by atoms with van der Waals surface area (Å²) in [5.41, 5.74) is -2.11. The molecule has 0 aromatic rings. The molecule has 0 amide bonds. The van der Waals surface area contributed by atoms with Crippen LogP contribution < -0.4 is 0 Å². The molecule has 5 saturated carbocycles. The molecule has 7 rings (SSSR count). The summed E-state index contributed by atoms with van der Waals surface area (Å²) in [5, 5.41) is 25.7. The van der Waals surface area contributed by atoms with Gasteiger partial charge in [0.25, 0.3) is 0 Å². The number of carbonyl (C=O) groups is 3. The molecular formula is C31H36O7. The van der Waals surface area contributed by atoms with Crippen LogP contribution in [0.15, 0.2) is 48.6 Å². The van der Waals surface area contributed by atoms with Gasteiger partial charge < -0.3 is 19.7 Å². The molecule has 7 fully saturated rings. The minimum Gasteiger partial charge on any atom is -0.458 e. The maximum absolute atomic E-state index is 14.3. The van der Waals surface area contributed by atoms with Gasteiger partial charge in [-0.2, -0.15) is 0 Å². The minimum atomic E-state index is -1.79. The van der Waals surface area contributed by atoms with Crippen LogP contribution in [0.4, 0.5) is 0 Å². The Hall–Kier alpha value is -2.51. The van der Waals surface area contributed by atoms with E-state index in [-0.39, 0.29) is 42.3 Å². The molecule has 0 radical (unpaired) electrons. The average molecular weight is 521 g/mol. The van der Waals surface area contributed by atoms with E-state index in [9.17, 15) is 24.6 Å². The van der Waals surface area contributed by atoms with Crippen LogP contribution in [0, 0.1) is 40.9 Å². The van der Waals surface area contributed by atoms with Crippen LogP contribution in [0.1, 0.15) is 57.8 Å². The number of hydrogen-bond donors (Lipinski definition) is 2. The molecule has 38 heavy (non-hydrogen) atoms. The van der Waals surface area contributed by atoms with E-state index in [2.05, 4.69) is 26.3 Å². The number of carbonyl (C=O) groups excluding carboxylic acids is 3. The van der Waals surface area contributed by atoms with Crippen molar-refractivity contribution < 1.29 is 34.1 Å². The third-order valence-electron chi connectivity index (χ3n) is 12.0. The maximum atomic E-state index is 14.3. The van der Waals surface area contributed by atoms with Gasteiger partial charge in [0.2, 0.25) is 0 Å². The van der Waals surface area contributed by atoms with Crippen LogP contribution in [-0.4, -0.2) is 51.3 Å².